The lowest BCUT2D eigenvalue weighted by molar-refractivity contribution is -0.172. The molecule has 0 spiro atoms. The Kier molecular flexibility index (Phi) is 6.53. The van der Waals surface area contributed by atoms with Crippen LogP contribution in [0, 0.1) is 0 Å². The van der Waals surface area contributed by atoms with Gasteiger partial charge in [0.05, 0.1) is 12.2 Å². The molecular weight excluding hydrogens is 409 g/mol. The predicted molar refractivity (Wildman–Crippen MR) is 113 cm³/mol. The van der Waals surface area contributed by atoms with Crippen LogP contribution in [0.25, 0.3) is 5.57 Å². The lowest BCUT2D eigenvalue weighted by atomic mass is 9.94. The Morgan fingerprint density at radius 2 is 1.73 bits per heavy atom. The summed E-state index contributed by atoms with van der Waals surface area (Å²) in [5.41, 5.74) is 1.99. The lowest BCUT2D eigenvalue weighted by Crippen LogP contribution is -2.46. The predicted octanol–water partition coefficient (Wildman–Crippen LogP) is 5.56. The Balaban J connectivity index is 1.55. The number of piperazine rings is 1. The van der Waals surface area contributed by atoms with Crippen LogP contribution < -0.4 is 0 Å². The molecule has 2 aromatic carbocycles. The van der Waals surface area contributed by atoms with Crippen LogP contribution in [0.2, 0.25) is 0 Å². The molecule has 0 radical (unpaired) electrons. The number of hydrogen-bond acceptors (Lipinski definition) is 4. The van der Waals surface area contributed by atoms with Crippen molar-refractivity contribution < 1.29 is 18.0 Å². The third kappa shape index (κ3) is 4.75. The topological polar surface area (TPSA) is 15.7 Å². The van der Waals surface area contributed by atoms with Crippen molar-refractivity contribution in [1.29, 1.82) is 0 Å². The molecule has 0 unspecified atom stereocenters. The SMILES string of the molecule is CCON1CCN(CCC=C2c3ccccc3Sc3ccc(C(F)(F)F)cc32)CC1. The number of benzene rings is 2. The van der Waals surface area contributed by atoms with Crippen molar-refractivity contribution in [3.05, 3.63) is 65.2 Å². The van der Waals surface area contributed by atoms with Gasteiger partial charge in [0.2, 0.25) is 0 Å². The van der Waals surface area contributed by atoms with Crippen LogP contribution in [0.1, 0.15) is 30.0 Å². The van der Waals surface area contributed by atoms with Gasteiger partial charge in [-0.05, 0) is 54.3 Å². The van der Waals surface area contributed by atoms with Crippen LogP contribution in [0.3, 0.4) is 0 Å². The first-order valence-electron chi connectivity index (χ1n) is 10.2. The van der Waals surface area contributed by atoms with Crippen molar-refractivity contribution in [3.8, 4) is 0 Å². The molecule has 0 bridgehead atoms. The summed E-state index contributed by atoms with van der Waals surface area (Å²) in [5, 5.41) is 2.00. The van der Waals surface area contributed by atoms with Crippen LogP contribution in [0.5, 0.6) is 0 Å². The van der Waals surface area contributed by atoms with Crippen LogP contribution in [-0.2, 0) is 11.0 Å². The second-order valence-corrected chi connectivity index (χ2v) is 8.49. The van der Waals surface area contributed by atoms with E-state index in [1.54, 1.807) is 6.07 Å². The number of alkyl halides is 3. The first-order valence-corrected chi connectivity index (χ1v) is 11.1. The fraction of sp³-hybridized carbons (Fsp3) is 0.391. The molecule has 0 aliphatic carbocycles. The summed E-state index contributed by atoms with van der Waals surface area (Å²) < 4.78 is 39.9. The Morgan fingerprint density at radius 1 is 1.00 bits per heavy atom. The minimum absolute atomic E-state index is 0.598. The van der Waals surface area contributed by atoms with E-state index in [4.69, 9.17) is 4.84 Å². The van der Waals surface area contributed by atoms with E-state index in [0.717, 1.165) is 60.1 Å². The highest BCUT2D eigenvalue weighted by Gasteiger charge is 2.32. The van der Waals surface area contributed by atoms with Gasteiger partial charge in [0.15, 0.2) is 0 Å². The molecule has 2 aromatic rings. The largest absolute Gasteiger partial charge is 0.416 e. The quantitative estimate of drug-likeness (QED) is 0.522. The maximum atomic E-state index is 13.3. The highest BCUT2D eigenvalue weighted by molar-refractivity contribution is 7.99. The van der Waals surface area contributed by atoms with Gasteiger partial charge in [-0.3, -0.25) is 4.84 Å². The van der Waals surface area contributed by atoms with Crippen molar-refractivity contribution in [1.82, 2.24) is 9.96 Å². The molecule has 1 saturated heterocycles. The van der Waals surface area contributed by atoms with E-state index in [1.165, 1.54) is 23.9 Å². The summed E-state index contributed by atoms with van der Waals surface area (Å²) in [6.45, 7) is 7.18. The molecule has 160 valence electrons. The second kappa shape index (κ2) is 9.14. The molecule has 0 aromatic heterocycles. The van der Waals surface area contributed by atoms with Gasteiger partial charge in [-0.1, -0.05) is 36.0 Å². The smallest absolute Gasteiger partial charge is 0.300 e. The van der Waals surface area contributed by atoms with Crippen LogP contribution in [0.15, 0.2) is 58.3 Å². The van der Waals surface area contributed by atoms with Gasteiger partial charge in [-0.2, -0.15) is 18.2 Å². The van der Waals surface area contributed by atoms with Crippen molar-refractivity contribution in [3.63, 3.8) is 0 Å². The molecule has 2 heterocycles. The zero-order valence-corrected chi connectivity index (χ0v) is 17.7. The Labute approximate surface area is 179 Å². The first-order chi connectivity index (χ1) is 14.5. The third-order valence-corrected chi connectivity index (χ3v) is 6.58. The number of hydrogen-bond donors (Lipinski definition) is 0. The second-order valence-electron chi connectivity index (χ2n) is 7.40. The van der Waals surface area contributed by atoms with Gasteiger partial charge >= 0.3 is 6.18 Å². The molecule has 7 heteroatoms. The minimum atomic E-state index is -4.35. The van der Waals surface area contributed by atoms with Crippen LogP contribution >= 0.6 is 11.8 Å². The normalized spacial score (nSPS) is 19.0. The van der Waals surface area contributed by atoms with E-state index < -0.39 is 11.7 Å². The van der Waals surface area contributed by atoms with Gasteiger partial charge in [-0.25, -0.2) is 0 Å². The van der Waals surface area contributed by atoms with Crippen LogP contribution in [0.4, 0.5) is 13.2 Å². The number of hydroxylamine groups is 2. The van der Waals surface area contributed by atoms with Gasteiger partial charge in [0.1, 0.15) is 0 Å². The Morgan fingerprint density at radius 3 is 2.47 bits per heavy atom. The molecule has 0 atom stereocenters. The number of halogens is 3. The van der Waals surface area contributed by atoms with Crippen molar-refractivity contribution in [2.45, 2.75) is 29.3 Å². The monoisotopic (exact) mass is 434 g/mol. The number of rotatable bonds is 5. The summed E-state index contributed by atoms with van der Waals surface area (Å²) in [6, 6.07) is 12.0. The summed E-state index contributed by atoms with van der Waals surface area (Å²) >= 11 is 1.53. The van der Waals surface area contributed by atoms with Crippen molar-refractivity contribution in [2.75, 3.05) is 39.3 Å². The molecular formula is C23H25F3N2OS. The van der Waals surface area contributed by atoms with E-state index in [0.29, 0.717) is 12.2 Å². The van der Waals surface area contributed by atoms with Crippen LogP contribution in [-0.4, -0.2) is 49.3 Å². The highest BCUT2D eigenvalue weighted by Crippen LogP contribution is 2.47. The molecule has 4 rings (SSSR count). The number of fused-ring (bicyclic) bond motifs is 2. The van der Waals surface area contributed by atoms with Crippen molar-refractivity contribution in [2.24, 2.45) is 0 Å². The highest BCUT2D eigenvalue weighted by atomic mass is 32.2. The minimum Gasteiger partial charge on any atom is -0.300 e. The first kappa shape index (κ1) is 21.4. The fourth-order valence-electron chi connectivity index (χ4n) is 3.92. The van der Waals surface area contributed by atoms with Gasteiger partial charge in [0, 0.05) is 42.5 Å². The summed E-state index contributed by atoms with van der Waals surface area (Å²) in [4.78, 5) is 9.88. The van der Waals surface area contributed by atoms with E-state index in [9.17, 15) is 13.2 Å². The molecule has 1 fully saturated rings. The summed E-state index contributed by atoms with van der Waals surface area (Å²) in [5.74, 6) is 0. The number of nitrogens with zero attached hydrogens (tertiary/aromatic N) is 2. The van der Waals surface area contributed by atoms with E-state index in [2.05, 4.69) is 11.0 Å². The molecule has 0 N–H and O–H groups in total. The average Bonchev–Trinajstić information content (AvgIpc) is 2.73. The Hall–Kier alpha value is -1.80. The van der Waals surface area contributed by atoms with Gasteiger partial charge < -0.3 is 4.90 Å². The molecule has 3 nitrogen and oxygen atoms in total. The fourth-order valence-corrected chi connectivity index (χ4v) is 5.01. The average molecular weight is 435 g/mol. The van der Waals surface area contributed by atoms with Gasteiger partial charge in [0.25, 0.3) is 0 Å². The maximum absolute atomic E-state index is 13.3. The molecule has 2 aliphatic rings. The molecule has 2 aliphatic heterocycles. The zero-order chi connectivity index (χ0) is 21.1. The molecule has 0 amide bonds. The Bertz CT molecular complexity index is 921. The van der Waals surface area contributed by atoms with Crippen molar-refractivity contribution >= 4 is 17.3 Å². The standard InChI is InChI=1S/C23H25F3N2OS/c1-2-29-28-14-12-27(13-15-28)11-5-7-18-19-6-3-4-8-21(19)30-22-10-9-17(16-20(18)22)23(24,25)26/h3-4,6-10,16H,2,5,11-15H2,1H3. The van der Waals surface area contributed by atoms with E-state index in [-0.39, 0.29) is 0 Å². The van der Waals surface area contributed by atoms with E-state index >= 15 is 0 Å². The van der Waals surface area contributed by atoms with Gasteiger partial charge in [-0.15, -0.1) is 0 Å². The molecule has 30 heavy (non-hydrogen) atoms. The molecule has 0 saturated carbocycles. The summed E-state index contributed by atoms with van der Waals surface area (Å²) in [6.07, 6.45) is -1.45. The zero-order valence-electron chi connectivity index (χ0n) is 16.9. The van der Waals surface area contributed by atoms with E-state index in [1.807, 2.05) is 36.3 Å². The summed E-state index contributed by atoms with van der Waals surface area (Å²) in [7, 11) is 0. The third-order valence-electron chi connectivity index (χ3n) is 5.43. The maximum Gasteiger partial charge on any atom is 0.416 e. The lowest BCUT2D eigenvalue weighted by Gasteiger charge is -2.33.